The predicted molar refractivity (Wildman–Crippen MR) is 102 cm³/mol. The molecule has 0 atom stereocenters. The molecule has 144 valence electrons. The number of nitrogens with zero attached hydrogens (tertiary/aromatic N) is 3. The second kappa shape index (κ2) is 8.21. The average molecular weight is 368 g/mol. The van der Waals surface area contributed by atoms with Crippen LogP contribution in [0.2, 0.25) is 0 Å². The van der Waals surface area contributed by atoms with Crippen molar-refractivity contribution in [1.82, 2.24) is 20.2 Å². The van der Waals surface area contributed by atoms with Crippen molar-refractivity contribution >= 4 is 5.91 Å². The molecule has 6 nitrogen and oxygen atoms in total. The zero-order chi connectivity index (χ0) is 18.6. The first-order valence-corrected chi connectivity index (χ1v) is 10.1. The maximum atomic E-state index is 12.6. The molecule has 3 heterocycles. The van der Waals surface area contributed by atoms with Gasteiger partial charge in [-0.25, -0.2) is 9.97 Å². The van der Waals surface area contributed by atoms with E-state index in [1.165, 1.54) is 24.1 Å². The Labute approximate surface area is 160 Å². The normalized spacial score (nSPS) is 18.3. The van der Waals surface area contributed by atoms with Crippen molar-refractivity contribution in [3.8, 4) is 0 Å². The summed E-state index contributed by atoms with van der Waals surface area (Å²) in [6.45, 7) is 5.16. The lowest BCUT2D eigenvalue weighted by atomic mass is 9.95. The molecule has 0 bridgehead atoms. The summed E-state index contributed by atoms with van der Waals surface area (Å²) in [4.78, 5) is 24.2. The van der Waals surface area contributed by atoms with E-state index < -0.39 is 0 Å². The molecule has 0 spiro atoms. The SMILES string of the molecule is Cc1nc(CNC(=O)C2CCN(Cc3ccco3)CC2)nc2c1CCCC2. The highest BCUT2D eigenvalue weighted by Crippen LogP contribution is 2.22. The van der Waals surface area contributed by atoms with Gasteiger partial charge in [0.25, 0.3) is 0 Å². The Morgan fingerprint density at radius 1 is 1.26 bits per heavy atom. The summed E-state index contributed by atoms with van der Waals surface area (Å²) in [6, 6.07) is 3.92. The van der Waals surface area contributed by atoms with Crippen molar-refractivity contribution in [1.29, 1.82) is 0 Å². The van der Waals surface area contributed by atoms with Crippen LogP contribution in [0.1, 0.15) is 54.2 Å². The summed E-state index contributed by atoms with van der Waals surface area (Å²) in [5.74, 6) is 1.94. The monoisotopic (exact) mass is 368 g/mol. The van der Waals surface area contributed by atoms with E-state index in [9.17, 15) is 4.79 Å². The number of piperidine rings is 1. The number of hydrogen-bond donors (Lipinski definition) is 1. The highest BCUT2D eigenvalue weighted by atomic mass is 16.3. The summed E-state index contributed by atoms with van der Waals surface area (Å²) in [7, 11) is 0. The second-order valence-corrected chi connectivity index (χ2v) is 7.71. The first-order valence-electron chi connectivity index (χ1n) is 10.1. The van der Waals surface area contributed by atoms with Gasteiger partial charge in [-0.15, -0.1) is 0 Å². The van der Waals surface area contributed by atoms with E-state index in [0.29, 0.717) is 6.54 Å². The Kier molecular flexibility index (Phi) is 5.53. The Bertz CT molecular complexity index is 780. The molecule has 1 aliphatic heterocycles. The average Bonchev–Trinajstić information content (AvgIpc) is 3.20. The Balaban J connectivity index is 1.27. The molecule has 0 radical (unpaired) electrons. The van der Waals surface area contributed by atoms with Crippen molar-refractivity contribution in [2.75, 3.05) is 13.1 Å². The summed E-state index contributed by atoms with van der Waals surface area (Å²) in [5.41, 5.74) is 3.58. The molecule has 1 aliphatic carbocycles. The Morgan fingerprint density at radius 2 is 2.07 bits per heavy atom. The molecule has 0 aromatic carbocycles. The fourth-order valence-electron chi connectivity index (χ4n) is 4.21. The first-order chi connectivity index (χ1) is 13.2. The zero-order valence-corrected chi connectivity index (χ0v) is 16.0. The molecule has 1 amide bonds. The molecule has 2 aromatic heterocycles. The lowest BCUT2D eigenvalue weighted by Crippen LogP contribution is -2.40. The van der Waals surface area contributed by atoms with E-state index >= 15 is 0 Å². The van der Waals surface area contributed by atoms with Crippen LogP contribution >= 0.6 is 0 Å². The predicted octanol–water partition coefficient (Wildman–Crippen LogP) is 2.79. The zero-order valence-electron chi connectivity index (χ0n) is 16.0. The molecule has 6 heteroatoms. The van der Waals surface area contributed by atoms with Crippen LogP contribution in [0, 0.1) is 12.8 Å². The quantitative estimate of drug-likeness (QED) is 0.879. The van der Waals surface area contributed by atoms with Gasteiger partial charge in [0.05, 0.1) is 19.4 Å². The van der Waals surface area contributed by atoms with Gasteiger partial charge in [0, 0.05) is 17.3 Å². The van der Waals surface area contributed by atoms with E-state index in [-0.39, 0.29) is 11.8 Å². The third-order valence-corrected chi connectivity index (χ3v) is 5.77. The van der Waals surface area contributed by atoms with Crippen LogP contribution in [0.25, 0.3) is 0 Å². The Hall–Kier alpha value is -2.21. The van der Waals surface area contributed by atoms with E-state index in [1.54, 1.807) is 6.26 Å². The van der Waals surface area contributed by atoms with Gasteiger partial charge in [0.15, 0.2) is 0 Å². The molecule has 0 saturated carbocycles. The van der Waals surface area contributed by atoms with Crippen LogP contribution in [0.3, 0.4) is 0 Å². The number of carbonyl (C=O) groups excluding carboxylic acids is 1. The van der Waals surface area contributed by atoms with E-state index in [1.807, 2.05) is 12.1 Å². The van der Waals surface area contributed by atoms with Crippen LogP contribution in [-0.4, -0.2) is 33.9 Å². The van der Waals surface area contributed by atoms with Gasteiger partial charge in [0.1, 0.15) is 11.6 Å². The molecule has 2 aliphatic rings. The summed E-state index contributed by atoms with van der Waals surface area (Å²) >= 11 is 0. The number of amides is 1. The third kappa shape index (κ3) is 4.38. The first kappa shape index (κ1) is 18.2. The van der Waals surface area contributed by atoms with Crippen molar-refractivity contribution < 1.29 is 9.21 Å². The maximum absolute atomic E-state index is 12.6. The largest absolute Gasteiger partial charge is 0.468 e. The molecule has 0 unspecified atom stereocenters. The molecular weight excluding hydrogens is 340 g/mol. The number of hydrogen-bond acceptors (Lipinski definition) is 5. The number of fused-ring (bicyclic) bond motifs is 1. The smallest absolute Gasteiger partial charge is 0.223 e. The Morgan fingerprint density at radius 3 is 2.85 bits per heavy atom. The molecule has 2 aromatic rings. The number of aromatic nitrogens is 2. The minimum atomic E-state index is 0.0802. The molecule has 27 heavy (non-hydrogen) atoms. The molecule has 4 rings (SSSR count). The lowest BCUT2D eigenvalue weighted by Gasteiger charge is -2.30. The molecular formula is C21H28N4O2. The second-order valence-electron chi connectivity index (χ2n) is 7.71. The number of furan rings is 1. The van der Waals surface area contributed by atoms with Gasteiger partial charge < -0.3 is 9.73 Å². The molecule has 1 fully saturated rings. The third-order valence-electron chi connectivity index (χ3n) is 5.77. The van der Waals surface area contributed by atoms with Gasteiger partial charge in [0.2, 0.25) is 5.91 Å². The summed E-state index contributed by atoms with van der Waals surface area (Å²) in [5, 5.41) is 3.06. The standard InChI is InChI=1S/C21H28N4O2/c1-15-18-6-2-3-7-19(18)24-20(23-15)13-22-21(26)16-8-10-25(11-9-16)14-17-5-4-12-27-17/h4-5,12,16H,2-3,6-11,13-14H2,1H3,(H,22,26). The van der Waals surface area contributed by atoms with Crippen molar-refractivity contribution in [3.63, 3.8) is 0 Å². The number of likely N-dealkylation sites (tertiary alicyclic amines) is 1. The van der Waals surface area contributed by atoms with Gasteiger partial charge in [-0.2, -0.15) is 0 Å². The van der Waals surface area contributed by atoms with Gasteiger partial charge >= 0.3 is 0 Å². The van der Waals surface area contributed by atoms with Crippen LogP contribution in [-0.2, 0) is 30.7 Å². The highest BCUT2D eigenvalue weighted by Gasteiger charge is 2.25. The summed E-state index contributed by atoms with van der Waals surface area (Å²) < 4.78 is 5.41. The van der Waals surface area contributed by atoms with Gasteiger partial charge in [-0.3, -0.25) is 9.69 Å². The minimum absolute atomic E-state index is 0.0802. The van der Waals surface area contributed by atoms with E-state index in [2.05, 4.69) is 22.1 Å². The maximum Gasteiger partial charge on any atom is 0.223 e. The number of aryl methyl sites for hydroxylation is 2. The number of carbonyl (C=O) groups is 1. The van der Waals surface area contributed by atoms with Crippen molar-refractivity contribution in [3.05, 3.63) is 46.9 Å². The van der Waals surface area contributed by atoms with Crippen LogP contribution in [0.5, 0.6) is 0 Å². The lowest BCUT2D eigenvalue weighted by molar-refractivity contribution is -0.126. The number of nitrogens with one attached hydrogen (secondary N) is 1. The fraction of sp³-hybridized carbons (Fsp3) is 0.571. The van der Waals surface area contributed by atoms with Crippen LogP contribution in [0.15, 0.2) is 22.8 Å². The van der Waals surface area contributed by atoms with Crippen molar-refractivity contribution in [2.45, 2.75) is 58.5 Å². The van der Waals surface area contributed by atoms with Gasteiger partial charge in [-0.05, 0) is 76.2 Å². The van der Waals surface area contributed by atoms with E-state index in [0.717, 1.165) is 62.6 Å². The van der Waals surface area contributed by atoms with Crippen molar-refractivity contribution in [2.24, 2.45) is 5.92 Å². The summed E-state index contributed by atoms with van der Waals surface area (Å²) in [6.07, 6.45) is 8.03. The van der Waals surface area contributed by atoms with Crippen LogP contribution in [0.4, 0.5) is 0 Å². The van der Waals surface area contributed by atoms with Crippen LogP contribution < -0.4 is 5.32 Å². The van der Waals surface area contributed by atoms with Gasteiger partial charge in [-0.1, -0.05) is 0 Å². The molecule has 1 N–H and O–H groups in total. The minimum Gasteiger partial charge on any atom is -0.468 e. The molecule has 1 saturated heterocycles. The fourth-order valence-corrected chi connectivity index (χ4v) is 4.21. The highest BCUT2D eigenvalue weighted by molar-refractivity contribution is 5.78. The topological polar surface area (TPSA) is 71.3 Å². The van der Waals surface area contributed by atoms with E-state index in [4.69, 9.17) is 9.40 Å². The number of rotatable bonds is 5.